The van der Waals surface area contributed by atoms with Crippen LogP contribution in [0.3, 0.4) is 0 Å². The van der Waals surface area contributed by atoms with Crippen LogP contribution in [0.5, 0.6) is 0 Å². The first kappa shape index (κ1) is 16.5. The van der Waals surface area contributed by atoms with E-state index < -0.39 is 0 Å². The Balaban J connectivity index is 1.63. The fraction of sp³-hybridized carbons (Fsp3) is 0.150. The number of nitrogens with one attached hydrogen (secondary N) is 2. The normalized spacial score (nSPS) is 11.2. The number of benzene rings is 1. The Bertz CT molecular complexity index is 1130. The second-order valence-corrected chi connectivity index (χ2v) is 6.83. The zero-order valence-corrected chi connectivity index (χ0v) is 15.2. The number of nitrogens with zero attached hydrogens (tertiary/aromatic N) is 2. The molecule has 0 unspecified atom stereocenters. The quantitative estimate of drug-likeness (QED) is 0.517. The average molecular weight is 365 g/mol. The van der Waals surface area contributed by atoms with Crippen molar-refractivity contribution in [3.63, 3.8) is 0 Å². The molecule has 3 aromatic heterocycles. The zero-order chi connectivity index (χ0) is 18.3. The predicted molar refractivity (Wildman–Crippen MR) is 103 cm³/mol. The molecule has 1 aromatic carbocycles. The Morgan fingerprint density at radius 3 is 2.77 bits per heavy atom. The number of fused-ring (bicyclic) bond motifs is 1. The number of Topliss-reactive ketones (excluding diaryl/α,β-unsaturated/α-hetero) is 1. The van der Waals surface area contributed by atoms with Crippen LogP contribution in [0.1, 0.15) is 27.3 Å². The van der Waals surface area contributed by atoms with E-state index in [2.05, 4.69) is 20.2 Å². The highest BCUT2D eigenvalue weighted by atomic mass is 35.5. The first-order valence-corrected chi connectivity index (χ1v) is 8.67. The molecule has 0 aliphatic rings. The van der Waals surface area contributed by atoms with E-state index in [1.54, 1.807) is 6.20 Å². The summed E-state index contributed by atoms with van der Waals surface area (Å²) in [5.41, 5.74) is 5.89. The van der Waals surface area contributed by atoms with Gasteiger partial charge in [0.1, 0.15) is 11.3 Å². The minimum absolute atomic E-state index is 0.0152. The fourth-order valence-electron chi connectivity index (χ4n) is 2.99. The predicted octanol–water partition coefficient (Wildman–Crippen LogP) is 4.65. The van der Waals surface area contributed by atoms with Gasteiger partial charge in [0.15, 0.2) is 5.78 Å². The van der Waals surface area contributed by atoms with Crippen molar-refractivity contribution >= 4 is 28.4 Å². The van der Waals surface area contributed by atoms with Gasteiger partial charge in [-0.3, -0.25) is 9.89 Å². The summed E-state index contributed by atoms with van der Waals surface area (Å²) in [6.45, 7) is 3.81. The molecule has 5 nitrogen and oxygen atoms in total. The van der Waals surface area contributed by atoms with Crippen molar-refractivity contribution in [1.29, 1.82) is 0 Å². The van der Waals surface area contributed by atoms with Gasteiger partial charge in [0.2, 0.25) is 0 Å². The molecule has 6 heteroatoms. The monoisotopic (exact) mass is 364 g/mol. The van der Waals surface area contributed by atoms with Crippen molar-refractivity contribution in [2.24, 2.45) is 0 Å². The maximum atomic E-state index is 12.5. The van der Waals surface area contributed by atoms with Crippen molar-refractivity contribution in [2.45, 2.75) is 20.3 Å². The third kappa shape index (κ3) is 3.02. The van der Waals surface area contributed by atoms with Gasteiger partial charge >= 0.3 is 0 Å². The third-order valence-corrected chi connectivity index (χ3v) is 4.78. The first-order chi connectivity index (χ1) is 12.5. The van der Waals surface area contributed by atoms with Crippen molar-refractivity contribution in [1.82, 2.24) is 20.2 Å². The van der Waals surface area contributed by atoms with E-state index in [4.69, 9.17) is 11.6 Å². The van der Waals surface area contributed by atoms with Gasteiger partial charge in [-0.2, -0.15) is 5.10 Å². The molecule has 0 bridgehead atoms. The Hall–Kier alpha value is -2.92. The van der Waals surface area contributed by atoms with Crippen LogP contribution in [-0.2, 0) is 6.42 Å². The second kappa shape index (κ2) is 6.42. The summed E-state index contributed by atoms with van der Waals surface area (Å²) in [7, 11) is 0. The van der Waals surface area contributed by atoms with Crippen LogP contribution in [0.25, 0.3) is 22.3 Å². The molecule has 0 atom stereocenters. The number of aromatic amines is 2. The van der Waals surface area contributed by atoms with Gasteiger partial charge in [-0.1, -0.05) is 23.7 Å². The molecule has 0 fully saturated rings. The number of rotatable bonds is 4. The number of carbonyl (C=O) groups is 1. The number of H-pyrrole nitrogens is 2. The van der Waals surface area contributed by atoms with E-state index in [0.29, 0.717) is 10.7 Å². The molecular weight excluding hydrogens is 348 g/mol. The van der Waals surface area contributed by atoms with Crippen molar-refractivity contribution < 1.29 is 4.79 Å². The van der Waals surface area contributed by atoms with Gasteiger partial charge in [0.05, 0.1) is 0 Å². The van der Waals surface area contributed by atoms with Crippen LogP contribution >= 0.6 is 11.6 Å². The lowest BCUT2D eigenvalue weighted by Gasteiger charge is -2.00. The molecular formula is C20H17ClN4O. The Morgan fingerprint density at radius 1 is 1.19 bits per heavy atom. The number of halogens is 1. The first-order valence-electron chi connectivity index (χ1n) is 8.29. The number of hydrogen-bond acceptors (Lipinski definition) is 3. The Kier molecular flexibility index (Phi) is 4.09. The lowest BCUT2D eigenvalue weighted by Crippen LogP contribution is -2.06. The molecule has 2 N–H and O–H groups in total. The second-order valence-electron chi connectivity index (χ2n) is 6.40. The SMILES string of the molecule is Cc1[nH]nc(C(=O)Cc2cnc3[nH]c(-c4cccc(Cl)c4)cc3c2)c1C. The van der Waals surface area contributed by atoms with Crippen LogP contribution < -0.4 is 0 Å². The number of carbonyl (C=O) groups excluding carboxylic acids is 1. The maximum absolute atomic E-state index is 12.5. The highest BCUT2D eigenvalue weighted by molar-refractivity contribution is 6.30. The number of ketones is 1. The fourth-order valence-corrected chi connectivity index (χ4v) is 3.19. The van der Waals surface area contributed by atoms with Gasteiger partial charge in [-0.05, 0) is 49.2 Å². The minimum atomic E-state index is -0.0152. The highest BCUT2D eigenvalue weighted by Gasteiger charge is 2.15. The lowest BCUT2D eigenvalue weighted by atomic mass is 10.0. The number of hydrogen-bond donors (Lipinski definition) is 2. The molecule has 0 saturated heterocycles. The summed E-state index contributed by atoms with van der Waals surface area (Å²) in [6, 6.07) is 11.7. The van der Waals surface area contributed by atoms with Crippen molar-refractivity contribution in [3.8, 4) is 11.3 Å². The molecule has 3 heterocycles. The minimum Gasteiger partial charge on any atom is -0.339 e. The largest absolute Gasteiger partial charge is 0.339 e. The summed E-state index contributed by atoms with van der Waals surface area (Å²) in [4.78, 5) is 20.3. The molecule has 0 aliphatic carbocycles. The standard InChI is InChI=1S/C20H17ClN4O/c1-11-12(2)24-25-19(11)18(26)7-13-6-15-9-17(23-20(15)22-10-13)14-4-3-5-16(21)8-14/h3-6,8-10H,7H2,1-2H3,(H,22,23)(H,24,25). The molecule has 0 spiro atoms. The molecule has 0 radical (unpaired) electrons. The molecule has 4 rings (SSSR count). The summed E-state index contributed by atoms with van der Waals surface area (Å²) < 4.78 is 0. The van der Waals surface area contributed by atoms with Gasteiger partial charge in [-0.15, -0.1) is 0 Å². The topological polar surface area (TPSA) is 74.4 Å². The van der Waals surface area contributed by atoms with Crippen molar-refractivity contribution in [2.75, 3.05) is 0 Å². The van der Waals surface area contributed by atoms with E-state index in [0.717, 1.165) is 39.1 Å². The zero-order valence-electron chi connectivity index (χ0n) is 14.4. The molecule has 0 amide bonds. The smallest absolute Gasteiger partial charge is 0.187 e. The molecule has 4 aromatic rings. The Morgan fingerprint density at radius 2 is 2.04 bits per heavy atom. The lowest BCUT2D eigenvalue weighted by molar-refractivity contribution is 0.0987. The van der Waals surface area contributed by atoms with E-state index in [1.165, 1.54) is 0 Å². The van der Waals surface area contributed by atoms with Crippen LogP contribution in [0.4, 0.5) is 0 Å². The average Bonchev–Trinajstić information content (AvgIpc) is 3.18. The maximum Gasteiger partial charge on any atom is 0.187 e. The van der Waals surface area contributed by atoms with Gasteiger partial charge < -0.3 is 4.98 Å². The van der Waals surface area contributed by atoms with Crippen LogP contribution in [0.15, 0.2) is 42.6 Å². The van der Waals surface area contributed by atoms with Gasteiger partial charge in [-0.25, -0.2) is 4.98 Å². The van der Waals surface area contributed by atoms with E-state index in [1.807, 2.05) is 50.2 Å². The molecule has 26 heavy (non-hydrogen) atoms. The van der Waals surface area contributed by atoms with Crippen LogP contribution in [0.2, 0.25) is 5.02 Å². The van der Waals surface area contributed by atoms with Gasteiger partial charge in [0.25, 0.3) is 0 Å². The van der Waals surface area contributed by atoms with Crippen molar-refractivity contribution in [3.05, 3.63) is 70.1 Å². The molecule has 0 saturated carbocycles. The molecule has 130 valence electrons. The van der Waals surface area contributed by atoms with E-state index >= 15 is 0 Å². The summed E-state index contributed by atoms with van der Waals surface area (Å²) >= 11 is 6.07. The molecule has 0 aliphatic heterocycles. The van der Waals surface area contributed by atoms with Crippen LogP contribution in [-0.4, -0.2) is 25.9 Å². The number of aromatic nitrogens is 4. The summed E-state index contributed by atoms with van der Waals surface area (Å²) in [5.74, 6) is -0.0152. The third-order valence-electron chi connectivity index (χ3n) is 4.54. The van der Waals surface area contributed by atoms with E-state index in [9.17, 15) is 4.79 Å². The number of aryl methyl sites for hydroxylation is 1. The van der Waals surface area contributed by atoms with Gasteiger partial charge in [0, 0.05) is 40.0 Å². The summed E-state index contributed by atoms with van der Waals surface area (Å²) in [6.07, 6.45) is 2.00. The van der Waals surface area contributed by atoms with Crippen LogP contribution in [0, 0.1) is 13.8 Å². The Labute approximate surface area is 155 Å². The number of pyridine rings is 1. The highest BCUT2D eigenvalue weighted by Crippen LogP contribution is 2.26. The van der Waals surface area contributed by atoms with E-state index in [-0.39, 0.29) is 12.2 Å². The summed E-state index contributed by atoms with van der Waals surface area (Å²) in [5, 5.41) is 8.61.